The summed E-state index contributed by atoms with van der Waals surface area (Å²) in [6.07, 6.45) is -10.5. The maximum Gasteiger partial charge on any atom is 0.186 e. The van der Waals surface area contributed by atoms with Gasteiger partial charge in [-0.3, -0.25) is 0 Å². The highest BCUT2D eigenvalue weighted by atomic mass is 16.7. The normalized spacial score (nSPS) is 51.5. The van der Waals surface area contributed by atoms with Crippen LogP contribution in [0.4, 0.5) is 0 Å². The minimum atomic E-state index is -2.07. The molecule has 2 fully saturated rings. The van der Waals surface area contributed by atoms with E-state index in [1.807, 2.05) is 0 Å². The number of aliphatic hydroxyl groups is 8. The lowest BCUT2D eigenvalue weighted by Gasteiger charge is -2.49. The van der Waals surface area contributed by atoms with Gasteiger partial charge < -0.3 is 55.6 Å². The second kappa shape index (κ2) is 8.06. The Morgan fingerprint density at radius 2 is 1.68 bits per heavy atom. The number of rotatable bonds is 5. The van der Waals surface area contributed by atoms with E-state index in [-0.39, 0.29) is 6.42 Å². The number of hydrogen-bond acceptors (Lipinski definition) is 11. The standard InChI is InChI=1S/C14H27NO10/c1-24-13-11(21)9(19)7(6(3-16)25-13)15-5-2-14(23,4-17)12(22)10(20)8(5)18/h5-13,15-23H,2-4H2,1H3/t5-,6+,7+,8-,9-,10+,11+,12-,13-,14-/m0/s1. The molecule has 1 saturated carbocycles. The van der Waals surface area contributed by atoms with Gasteiger partial charge in [-0.25, -0.2) is 0 Å². The highest BCUT2D eigenvalue weighted by Crippen LogP contribution is 2.31. The molecule has 2 aliphatic rings. The quantitative estimate of drug-likeness (QED) is 0.225. The van der Waals surface area contributed by atoms with Crippen molar-refractivity contribution in [2.75, 3.05) is 20.3 Å². The average molecular weight is 369 g/mol. The van der Waals surface area contributed by atoms with Gasteiger partial charge >= 0.3 is 0 Å². The van der Waals surface area contributed by atoms with Gasteiger partial charge in [-0.2, -0.15) is 0 Å². The van der Waals surface area contributed by atoms with Crippen LogP contribution in [0.1, 0.15) is 6.42 Å². The Morgan fingerprint density at radius 1 is 1.04 bits per heavy atom. The summed E-state index contributed by atoms with van der Waals surface area (Å²) < 4.78 is 10.2. The number of nitrogens with one attached hydrogen (secondary N) is 1. The molecule has 9 N–H and O–H groups in total. The molecule has 0 unspecified atom stereocenters. The first-order valence-electron chi connectivity index (χ1n) is 7.99. The third-order valence-electron chi connectivity index (χ3n) is 5.01. The minimum Gasteiger partial charge on any atom is -0.394 e. The topological polar surface area (TPSA) is 192 Å². The molecular formula is C14H27NO10. The molecule has 148 valence electrons. The summed E-state index contributed by atoms with van der Waals surface area (Å²) in [6.45, 7) is -1.41. The van der Waals surface area contributed by atoms with Gasteiger partial charge in [0.1, 0.15) is 36.1 Å². The van der Waals surface area contributed by atoms with Gasteiger partial charge in [0.05, 0.1) is 25.4 Å². The van der Waals surface area contributed by atoms with Crippen LogP contribution < -0.4 is 5.32 Å². The van der Waals surface area contributed by atoms with Crippen LogP contribution >= 0.6 is 0 Å². The second-order valence-corrected chi connectivity index (χ2v) is 6.63. The third kappa shape index (κ3) is 3.82. The molecule has 0 bridgehead atoms. The van der Waals surface area contributed by atoms with Crippen molar-refractivity contribution in [2.24, 2.45) is 0 Å². The number of ether oxygens (including phenoxy) is 2. The van der Waals surface area contributed by atoms with E-state index < -0.39 is 73.8 Å². The monoisotopic (exact) mass is 369 g/mol. The molecule has 0 spiro atoms. The predicted molar refractivity (Wildman–Crippen MR) is 80.2 cm³/mol. The Bertz CT molecular complexity index is 440. The molecule has 11 heteroatoms. The zero-order valence-electron chi connectivity index (χ0n) is 13.7. The van der Waals surface area contributed by atoms with Crippen molar-refractivity contribution in [2.45, 2.75) is 67.0 Å². The maximum absolute atomic E-state index is 10.3. The highest BCUT2D eigenvalue weighted by molar-refractivity contribution is 5.07. The summed E-state index contributed by atoms with van der Waals surface area (Å²) in [7, 11) is 1.26. The molecule has 0 aromatic heterocycles. The van der Waals surface area contributed by atoms with Crippen molar-refractivity contribution in [3.63, 3.8) is 0 Å². The van der Waals surface area contributed by atoms with E-state index in [9.17, 15) is 40.9 Å². The molecule has 25 heavy (non-hydrogen) atoms. The molecule has 11 nitrogen and oxygen atoms in total. The average Bonchev–Trinajstić information content (AvgIpc) is 2.61. The third-order valence-corrected chi connectivity index (χ3v) is 5.01. The first-order valence-corrected chi connectivity index (χ1v) is 7.99. The Balaban J connectivity index is 2.18. The molecule has 2 rings (SSSR count). The molecular weight excluding hydrogens is 342 g/mol. The van der Waals surface area contributed by atoms with E-state index in [1.54, 1.807) is 0 Å². The fraction of sp³-hybridized carbons (Fsp3) is 1.00. The summed E-state index contributed by atoms with van der Waals surface area (Å²) in [5, 5.41) is 81.9. The summed E-state index contributed by atoms with van der Waals surface area (Å²) >= 11 is 0. The Kier molecular flexibility index (Phi) is 6.73. The van der Waals surface area contributed by atoms with Crippen LogP contribution in [0.3, 0.4) is 0 Å². The van der Waals surface area contributed by atoms with Crippen molar-refractivity contribution in [1.29, 1.82) is 0 Å². The van der Waals surface area contributed by atoms with Gasteiger partial charge in [0.25, 0.3) is 0 Å². The van der Waals surface area contributed by atoms with Crippen LogP contribution in [0.15, 0.2) is 0 Å². The SMILES string of the molecule is CO[C@H]1O[C@H](CO)[C@@H](N[C@H]2C[C@](O)(CO)[C@@H](O)[C@H](O)[C@H]2O)[C@H](O)[C@H]1O. The first-order chi connectivity index (χ1) is 11.7. The lowest BCUT2D eigenvalue weighted by molar-refractivity contribution is -0.275. The van der Waals surface area contributed by atoms with Crippen molar-refractivity contribution in [3.8, 4) is 0 Å². The zero-order chi connectivity index (χ0) is 18.9. The number of aliphatic hydroxyl groups excluding tert-OH is 7. The van der Waals surface area contributed by atoms with E-state index in [2.05, 4.69) is 5.32 Å². The van der Waals surface area contributed by atoms with E-state index in [0.717, 1.165) is 0 Å². The molecule has 0 radical (unpaired) electrons. The van der Waals surface area contributed by atoms with Crippen molar-refractivity contribution in [3.05, 3.63) is 0 Å². The van der Waals surface area contributed by atoms with E-state index in [1.165, 1.54) is 7.11 Å². The van der Waals surface area contributed by atoms with Crippen LogP contribution in [-0.4, -0.2) is 122 Å². The fourth-order valence-electron chi connectivity index (χ4n) is 3.42. The van der Waals surface area contributed by atoms with Crippen LogP contribution in [-0.2, 0) is 9.47 Å². The highest BCUT2D eigenvalue weighted by Gasteiger charge is 2.53. The summed E-state index contributed by atoms with van der Waals surface area (Å²) in [4.78, 5) is 0. The van der Waals surface area contributed by atoms with E-state index >= 15 is 0 Å². The minimum absolute atomic E-state index is 0.353. The Labute approximate surface area is 144 Å². The van der Waals surface area contributed by atoms with E-state index in [4.69, 9.17) is 9.47 Å². The number of methoxy groups -OCH3 is 1. The predicted octanol–water partition coefficient (Wildman–Crippen LogP) is -5.39. The maximum atomic E-state index is 10.3. The van der Waals surface area contributed by atoms with Gasteiger partial charge in [-0.05, 0) is 6.42 Å². The van der Waals surface area contributed by atoms with Crippen LogP contribution in [0.25, 0.3) is 0 Å². The van der Waals surface area contributed by atoms with Gasteiger partial charge in [0.15, 0.2) is 6.29 Å². The smallest absolute Gasteiger partial charge is 0.186 e. The molecule has 0 aromatic rings. The van der Waals surface area contributed by atoms with Crippen LogP contribution in [0, 0.1) is 0 Å². The van der Waals surface area contributed by atoms with Crippen molar-refractivity contribution in [1.82, 2.24) is 5.32 Å². The van der Waals surface area contributed by atoms with Crippen LogP contribution in [0.5, 0.6) is 0 Å². The molecule has 1 aliphatic heterocycles. The molecule has 0 amide bonds. The second-order valence-electron chi connectivity index (χ2n) is 6.63. The Morgan fingerprint density at radius 3 is 2.20 bits per heavy atom. The number of hydrogen-bond donors (Lipinski definition) is 9. The van der Waals surface area contributed by atoms with Crippen LogP contribution in [0.2, 0.25) is 0 Å². The first kappa shape index (κ1) is 20.9. The molecule has 0 aromatic carbocycles. The van der Waals surface area contributed by atoms with Crippen molar-refractivity contribution >= 4 is 0 Å². The largest absolute Gasteiger partial charge is 0.394 e. The lowest BCUT2D eigenvalue weighted by Crippen LogP contribution is -2.71. The summed E-state index contributed by atoms with van der Waals surface area (Å²) in [6, 6.07) is -2.14. The van der Waals surface area contributed by atoms with Gasteiger partial charge in [0, 0.05) is 13.2 Å². The summed E-state index contributed by atoms with van der Waals surface area (Å²) in [5.74, 6) is 0. The molecule has 1 saturated heterocycles. The van der Waals surface area contributed by atoms with E-state index in [0.29, 0.717) is 0 Å². The van der Waals surface area contributed by atoms with Gasteiger partial charge in [-0.1, -0.05) is 0 Å². The molecule has 1 aliphatic carbocycles. The fourth-order valence-corrected chi connectivity index (χ4v) is 3.42. The zero-order valence-corrected chi connectivity index (χ0v) is 13.7. The molecule has 10 atom stereocenters. The van der Waals surface area contributed by atoms with Crippen molar-refractivity contribution < 1.29 is 50.3 Å². The summed E-state index contributed by atoms with van der Waals surface area (Å²) in [5.41, 5.74) is -2.07. The Hall–Kier alpha value is -0.440. The molecule has 1 heterocycles. The lowest BCUT2D eigenvalue weighted by atomic mass is 9.76. The van der Waals surface area contributed by atoms with Gasteiger partial charge in [0.2, 0.25) is 0 Å². The van der Waals surface area contributed by atoms with Gasteiger partial charge in [-0.15, -0.1) is 0 Å².